The van der Waals surface area contributed by atoms with E-state index in [4.69, 9.17) is 11.6 Å². The molecule has 2 aromatic rings. The maximum absolute atomic E-state index is 6.21. The maximum atomic E-state index is 6.21. The summed E-state index contributed by atoms with van der Waals surface area (Å²) in [4.78, 5) is 7.84. The highest BCUT2D eigenvalue weighted by atomic mass is 35.5. The Kier molecular flexibility index (Phi) is 6.33. The van der Waals surface area contributed by atoms with Gasteiger partial charge in [0.15, 0.2) is 0 Å². The first-order valence-electron chi connectivity index (χ1n) is 10.3. The maximum Gasteiger partial charge on any atom is 0.0426 e. The minimum Gasteiger partial charge on any atom is -0.367 e. The summed E-state index contributed by atoms with van der Waals surface area (Å²) in [6, 6.07) is 19.8. The van der Waals surface area contributed by atoms with Gasteiger partial charge >= 0.3 is 0 Å². The molecule has 144 valence electrons. The van der Waals surface area contributed by atoms with Crippen molar-refractivity contribution in [3.05, 3.63) is 65.2 Å². The molecule has 1 atom stereocenters. The summed E-state index contributed by atoms with van der Waals surface area (Å²) in [5, 5.41) is 0.838. The summed E-state index contributed by atoms with van der Waals surface area (Å²) in [6.07, 6.45) is 3.74. The van der Waals surface area contributed by atoms with Crippen LogP contribution >= 0.6 is 11.6 Å². The molecular weight excluding hydrogens is 354 g/mol. The highest BCUT2D eigenvalue weighted by Gasteiger charge is 2.28. The van der Waals surface area contributed by atoms with Crippen LogP contribution in [0.1, 0.15) is 18.4 Å². The topological polar surface area (TPSA) is 9.72 Å². The predicted molar refractivity (Wildman–Crippen MR) is 115 cm³/mol. The van der Waals surface area contributed by atoms with Gasteiger partial charge in [-0.2, -0.15) is 0 Å². The van der Waals surface area contributed by atoms with Gasteiger partial charge in [-0.3, -0.25) is 4.90 Å². The molecule has 2 aliphatic rings. The zero-order valence-corrected chi connectivity index (χ0v) is 16.8. The number of anilines is 1. The van der Waals surface area contributed by atoms with Crippen LogP contribution in [0.5, 0.6) is 0 Å². The van der Waals surface area contributed by atoms with Gasteiger partial charge in [0, 0.05) is 62.6 Å². The molecule has 0 amide bonds. The second-order valence-corrected chi connectivity index (χ2v) is 8.28. The Labute approximate surface area is 168 Å². The van der Waals surface area contributed by atoms with Gasteiger partial charge in [-0.05, 0) is 43.0 Å². The Morgan fingerprint density at radius 2 is 1.63 bits per heavy atom. The lowest BCUT2D eigenvalue weighted by atomic mass is 10.1. The molecule has 0 saturated carbocycles. The molecule has 0 radical (unpaired) electrons. The zero-order chi connectivity index (χ0) is 18.5. The quantitative estimate of drug-likeness (QED) is 0.741. The molecule has 2 saturated heterocycles. The van der Waals surface area contributed by atoms with Crippen molar-refractivity contribution in [2.75, 3.05) is 50.7 Å². The van der Waals surface area contributed by atoms with Crippen LogP contribution < -0.4 is 4.90 Å². The lowest BCUT2D eigenvalue weighted by Crippen LogP contribution is -2.50. The summed E-state index contributed by atoms with van der Waals surface area (Å²) in [7, 11) is 0. The van der Waals surface area contributed by atoms with Crippen LogP contribution in [-0.4, -0.2) is 61.7 Å². The summed E-state index contributed by atoms with van der Waals surface area (Å²) in [5.41, 5.74) is 2.73. The van der Waals surface area contributed by atoms with Crippen molar-refractivity contribution in [1.29, 1.82) is 0 Å². The van der Waals surface area contributed by atoms with Crippen molar-refractivity contribution in [2.45, 2.75) is 25.3 Å². The van der Waals surface area contributed by atoms with Crippen molar-refractivity contribution in [2.24, 2.45) is 0 Å². The molecular formula is C23H30ClN3. The fourth-order valence-electron chi connectivity index (χ4n) is 4.45. The molecule has 3 nitrogen and oxygen atoms in total. The third-order valence-corrected chi connectivity index (χ3v) is 6.25. The van der Waals surface area contributed by atoms with Gasteiger partial charge < -0.3 is 9.80 Å². The van der Waals surface area contributed by atoms with Crippen LogP contribution in [0.3, 0.4) is 0 Å². The van der Waals surface area contributed by atoms with Gasteiger partial charge in [0.1, 0.15) is 0 Å². The van der Waals surface area contributed by atoms with Gasteiger partial charge in [0.25, 0.3) is 0 Å². The molecule has 1 unspecified atom stereocenters. The van der Waals surface area contributed by atoms with Crippen LogP contribution in [0.15, 0.2) is 54.6 Å². The summed E-state index contributed by atoms with van der Waals surface area (Å²) in [6.45, 7) is 8.27. The van der Waals surface area contributed by atoms with E-state index in [-0.39, 0.29) is 0 Å². The van der Waals surface area contributed by atoms with Gasteiger partial charge in [0.05, 0.1) is 0 Å². The number of benzene rings is 2. The molecule has 0 N–H and O–H groups in total. The number of hydrogen-bond donors (Lipinski definition) is 0. The monoisotopic (exact) mass is 383 g/mol. The van der Waals surface area contributed by atoms with Crippen LogP contribution in [0.4, 0.5) is 5.69 Å². The van der Waals surface area contributed by atoms with E-state index in [1.165, 1.54) is 63.4 Å². The van der Waals surface area contributed by atoms with Crippen molar-refractivity contribution >= 4 is 17.3 Å². The number of rotatable bonds is 6. The fourth-order valence-corrected chi connectivity index (χ4v) is 4.63. The number of hydrogen-bond acceptors (Lipinski definition) is 3. The highest BCUT2D eigenvalue weighted by molar-refractivity contribution is 6.30. The Bertz CT molecular complexity index is 713. The van der Waals surface area contributed by atoms with Crippen molar-refractivity contribution < 1.29 is 0 Å². The Morgan fingerprint density at radius 1 is 0.852 bits per heavy atom. The third-order valence-electron chi connectivity index (χ3n) is 6.01. The Morgan fingerprint density at radius 3 is 2.41 bits per heavy atom. The summed E-state index contributed by atoms with van der Waals surface area (Å²) in [5.74, 6) is 0. The van der Waals surface area contributed by atoms with E-state index in [9.17, 15) is 0 Å². The first-order chi connectivity index (χ1) is 13.3. The SMILES string of the molecule is Clc1cccc(N2CCCC2CN2CCN(CCc3ccccc3)CC2)c1. The molecule has 0 spiro atoms. The lowest BCUT2D eigenvalue weighted by molar-refractivity contribution is 0.128. The second kappa shape index (κ2) is 9.09. The Hall–Kier alpha value is -1.55. The van der Waals surface area contributed by atoms with Crippen molar-refractivity contribution in [1.82, 2.24) is 9.80 Å². The third kappa shape index (κ3) is 5.04. The normalized spacial score (nSPS) is 21.7. The molecule has 2 aromatic carbocycles. The van der Waals surface area contributed by atoms with Gasteiger partial charge in [-0.15, -0.1) is 0 Å². The first-order valence-corrected chi connectivity index (χ1v) is 10.7. The fraction of sp³-hybridized carbons (Fsp3) is 0.478. The summed E-state index contributed by atoms with van der Waals surface area (Å²) >= 11 is 6.21. The largest absolute Gasteiger partial charge is 0.367 e. The molecule has 2 aliphatic heterocycles. The number of nitrogens with zero attached hydrogens (tertiary/aromatic N) is 3. The highest BCUT2D eigenvalue weighted by Crippen LogP contribution is 2.28. The van der Waals surface area contributed by atoms with E-state index in [1.54, 1.807) is 0 Å². The minimum absolute atomic E-state index is 0.624. The summed E-state index contributed by atoms with van der Waals surface area (Å²) < 4.78 is 0. The molecule has 4 heteroatoms. The standard InChI is InChI=1S/C23H30ClN3/c24-21-8-4-9-22(18-21)27-12-5-10-23(27)19-26-16-14-25(15-17-26)13-11-20-6-2-1-3-7-20/h1-4,6-9,18,23H,5,10-17,19H2. The molecule has 2 fully saturated rings. The van der Waals surface area contributed by atoms with E-state index >= 15 is 0 Å². The molecule has 27 heavy (non-hydrogen) atoms. The minimum atomic E-state index is 0.624. The van der Waals surface area contributed by atoms with Crippen LogP contribution in [0.2, 0.25) is 5.02 Å². The van der Waals surface area contributed by atoms with Crippen LogP contribution in [0, 0.1) is 0 Å². The van der Waals surface area contributed by atoms with Crippen molar-refractivity contribution in [3.63, 3.8) is 0 Å². The smallest absolute Gasteiger partial charge is 0.0426 e. The van der Waals surface area contributed by atoms with E-state index in [2.05, 4.69) is 63.2 Å². The van der Waals surface area contributed by atoms with Gasteiger partial charge in [-0.1, -0.05) is 48.0 Å². The molecule has 0 aliphatic carbocycles. The lowest BCUT2D eigenvalue weighted by Gasteiger charge is -2.38. The van der Waals surface area contributed by atoms with E-state index in [0.29, 0.717) is 6.04 Å². The number of piperazine rings is 1. The average Bonchev–Trinajstić information content (AvgIpc) is 3.16. The van der Waals surface area contributed by atoms with E-state index in [1.807, 2.05) is 6.07 Å². The van der Waals surface area contributed by atoms with Crippen LogP contribution in [-0.2, 0) is 6.42 Å². The number of halogens is 1. The first kappa shape index (κ1) is 18.8. The molecule has 0 aromatic heterocycles. The zero-order valence-electron chi connectivity index (χ0n) is 16.1. The van der Waals surface area contributed by atoms with E-state index < -0.39 is 0 Å². The molecule has 4 rings (SSSR count). The van der Waals surface area contributed by atoms with Gasteiger partial charge in [0.2, 0.25) is 0 Å². The molecule has 0 bridgehead atoms. The second-order valence-electron chi connectivity index (χ2n) is 7.85. The van der Waals surface area contributed by atoms with E-state index in [0.717, 1.165) is 18.0 Å². The predicted octanol–water partition coefficient (Wildman–Crippen LogP) is 4.17. The Balaban J connectivity index is 1.25. The molecule has 2 heterocycles. The van der Waals surface area contributed by atoms with Crippen molar-refractivity contribution in [3.8, 4) is 0 Å². The van der Waals surface area contributed by atoms with Crippen LogP contribution in [0.25, 0.3) is 0 Å². The van der Waals surface area contributed by atoms with Gasteiger partial charge in [-0.25, -0.2) is 0 Å². The average molecular weight is 384 g/mol.